The quantitative estimate of drug-likeness (QED) is 0.421. The van der Waals surface area contributed by atoms with E-state index in [1.54, 1.807) is 0 Å². The summed E-state index contributed by atoms with van der Waals surface area (Å²) in [5.74, 6) is 5.79. The highest BCUT2D eigenvalue weighted by Gasteiger charge is 2.14. The lowest BCUT2D eigenvalue weighted by molar-refractivity contribution is -0.00000146. The first kappa shape index (κ1) is 9.18. The highest BCUT2D eigenvalue weighted by molar-refractivity contribution is 8.04. The molecule has 1 rings (SSSR count). The highest BCUT2D eigenvalue weighted by atomic mass is 79.9. The predicted molar refractivity (Wildman–Crippen MR) is 40.3 cm³/mol. The fourth-order valence-corrected chi connectivity index (χ4v) is 4.23. The van der Waals surface area contributed by atoms with Crippen LogP contribution in [0.3, 0.4) is 0 Å². The van der Waals surface area contributed by atoms with Gasteiger partial charge in [0, 0.05) is 11.5 Å². The van der Waals surface area contributed by atoms with Crippen molar-refractivity contribution in [1.29, 1.82) is 0 Å². The van der Waals surface area contributed by atoms with Crippen molar-refractivity contribution in [3.63, 3.8) is 0 Å². The molecule has 1 aliphatic rings. The number of hydrogen-bond acceptors (Lipinski definition) is 1. The Balaban J connectivity index is 0.000000490. The van der Waals surface area contributed by atoms with Crippen LogP contribution in [-0.2, 0) is 10.9 Å². The Morgan fingerprint density at radius 3 is 2.00 bits per heavy atom. The summed E-state index contributed by atoms with van der Waals surface area (Å²) in [6, 6.07) is 0. The van der Waals surface area contributed by atoms with Gasteiger partial charge in [0.05, 0.1) is 6.26 Å². The van der Waals surface area contributed by atoms with E-state index < -0.39 is 0 Å². The molecule has 8 heavy (non-hydrogen) atoms. The van der Waals surface area contributed by atoms with Crippen LogP contribution in [0.1, 0.15) is 0 Å². The van der Waals surface area contributed by atoms with E-state index in [1.807, 2.05) is 0 Å². The van der Waals surface area contributed by atoms with Crippen LogP contribution in [0.4, 0.5) is 0 Å². The van der Waals surface area contributed by atoms with Crippen molar-refractivity contribution in [2.45, 2.75) is 0 Å². The zero-order valence-electron chi connectivity index (χ0n) is 5.02. The van der Waals surface area contributed by atoms with E-state index in [2.05, 4.69) is 18.0 Å². The highest BCUT2D eigenvalue weighted by Crippen LogP contribution is 2.10. The molecule has 0 aromatic heterocycles. The van der Waals surface area contributed by atoms with Gasteiger partial charge in [-0.2, -0.15) is 11.8 Å². The molecule has 0 spiro atoms. The van der Waals surface area contributed by atoms with Gasteiger partial charge in [-0.1, -0.05) is 0 Å². The zero-order valence-corrected chi connectivity index (χ0v) is 8.24. The lowest BCUT2D eigenvalue weighted by Crippen LogP contribution is -3.00. The average Bonchev–Trinajstić information content (AvgIpc) is 1.69. The van der Waals surface area contributed by atoms with Crippen molar-refractivity contribution in [3.8, 4) is 0 Å². The van der Waals surface area contributed by atoms with Gasteiger partial charge in [0.15, 0.2) is 0 Å². The van der Waals surface area contributed by atoms with Gasteiger partial charge in [-0.3, -0.25) is 0 Å². The minimum absolute atomic E-state index is 0. The van der Waals surface area contributed by atoms with Gasteiger partial charge in [-0.15, -0.1) is 0 Å². The first-order chi connectivity index (χ1) is 3.39. The largest absolute Gasteiger partial charge is 1.00 e. The number of hydrogen-bond donors (Lipinski definition) is 0. The van der Waals surface area contributed by atoms with E-state index in [1.165, 1.54) is 23.0 Å². The molecule has 50 valence electrons. The topological polar surface area (TPSA) is 0 Å². The molecule has 1 heterocycles. The summed E-state index contributed by atoms with van der Waals surface area (Å²) in [5, 5.41) is 0. The van der Waals surface area contributed by atoms with Crippen molar-refractivity contribution in [3.05, 3.63) is 0 Å². The molecule has 0 amide bonds. The third kappa shape index (κ3) is 3.25. The minimum atomic E-state index is 0. The maximum atomic E-state index is 2.37. The van der Waals surface area contributed by atoms with Crippen molar-refractivity contribution in [1.82, 2.24) is 0 Å². The molecule has 0 aliphatic carbocycles. The smallest absolute Gasteiger partial charge is 0.116 e. The molecule has 0 saturated carbocycles. The van der Waals surface area contributed by atoms with Gasteiger partial charge in [0.2, 0.25) is 0 Å². The minimum Gasteiger partial charge on any atom is -1.00 e. The van der Waals surface area contributed by atoms with E-state index in [-0.39, 0.29) is 17.0 Å². The SMILES string of the molecule is C[S+]1CCSCC1.[Br-]. The summed E-state index contributed by atoms with van der Waals surface area (Å²) in [4.78, 5) is 0. The van der Waals surface area contributed by atoms with Crippen molar-refractivity contribution in [2.24, 2.45) is 0 Å². The van der Waals surface area contributed by atoms with E-state index in [0.29, 0.717) is 0 Å². The lowest BCUT2D eigenvalue weighted by Gasteiger charge is -2.07. The first-order valence-electron chi connectivity index (χ1n) is 2.56. The molecule has 0 radical (unpaired) electrons. The van der Waals surface area contributed by atoms with E-state index >= 15 is 0 Å². The molecule has 0 bridgehead atoms. The molecule has 0 atom stereocenters. The van der Waals surface area contributed by atoms with Crippen LogP contribution in [0.2, 0.25) is 0 Å². The molecule has 1 aliphatic heterocycles. The van der Waals surface area contributed by atoms with Crippen LogP contribution in [0, 0.1) is 0 Å². The zero-order chi connectivity index (χ0) is 5.11. The van der Waals surface area contributed by atoms with Crippen LogP contribution in [0.5, 0.6) is 0 Å². The molecule has 0 unspecified atom stereocenters. The summed E-state index contributed by atoms with van der Waals surface area (Å²) >= 11 is 2.11. The van der Waals surface area contributed by atoms with Gasteiger partial charge in [0.1, 0.15) is 11.5 Å². The van der Waals surface area contributed by atoms with Crippen molar-refractivity contribution in [2.75, 3.05) is 29.3 Å². The van der Waals surface area contributed by atoms with Crippen LogP contribution >= 0.6 is 11.8 Å². The summed E-state index contributed by atoms with van der Waals surface area (Å²) in [5.41, 5.74) is 0. The maximum Gasteiger partial charge on any atom is 0.116 e. The van der Waals surface area contributed by atoms with Gasteiger partial charge >= 0.3 is 0 Å². The second kappa shape index (κ2) is 5.00. The standard InChI is InChI=1S/C5H11S2.BrH/c1-7-4-2-6-3-5-7;/h2-5H2,1H3;1H/q+1;/p-1. The van der Waals surface area contributed by atoms with Crippen LogP contribution in [-0.4, -0.2) is 29.3 Å². The number of halogens is 1. The molecule has 0 aromatic carbocycles. The molecule has 1 saturated heterocycles. The Kier molecular flexibility index (Phi) is 5.74. The second-order valence-corrected chi connectivity index (χ2v) is 5.41. The Morgan fingerprint density at radius 2 is 1.75 bits per heavy atom. The molecule has 0 nitrogen and oxygen atoms in total. The Labute approximate surface area is 68.9 Å². The van der Waals surface area contributed by atoms with Gasteiger partial charge in [-0.05, 0) is 10.9 Å². The van der Waals surface area contributed by atoms with Gasteiger partial charge in [-0.25, -0.2) is 0 Å². The first-order valence-corrected chi connectivity index (χ1v) is 5.69. The third-order valence-electron chi connectivity index (χ3n) is 1.15. The molecule has 0 N–H and O–H groups in total. The monoisotopic (exact) mass is 214 g/mol. The number of thioether (sulfide) groups is 1. The lowest BCUT2D eigenvalue weighted by atomic mass is 10.9. The molecule has 3 heteroatoms. The molecule has 1 fully saturated rings. The molecular formula is C5H11BrS2. The summed E-state index contributed by atoms with van der Waals surface area (Å²) in [6.45, 7) is 0. The van der Waals surface area contributed by atoms with Gasteiger partial charge < -0.3 is 17.0 Å². The van der Waals surface area contributed by atoms with Crippen LogP contribution < -0.4 is 17.0 Å². The summed E-state index contributed by atoms with van der Waals surface area (Å²) in [6.07, 6.45) is 2.37. The normalized spacial score (nSPS) is 22.1. The molecule has 0 aromatic rings. The Bertz CT molecular complexity index is 52.4. The number of rotatable bonds is 0. The fourth-order valence-electron chi connectivity index (χ4n) is 0.606. The second-order valence-electron chi connectivity index (χ2n) is 1.80. The van der Waals surface area contributed by atoms with E-state index in [4.69, 9.17) is 0 Å². The third-order valence-corrected chi connectivity index (χ3v) is 4.46. The van der Waals surface area contributed by atoms with Crippen molar-refractivity contribution < 1.29 is 17.0 Å². The average molecular weight is 215 g/mol. The van der Waals surface area contributed by atoms with Crippen LogP contribution in [0.15, 0.2) is 0 Å². The Hall–Kier alpha value is 1.18. The van der Waals surface area contributed by atoms with Crippen LogP contribution in [0.25, 0.3) is 0 Å². The van der Waals surface area contributed by atoms with Gasteiger partial charge in [0.25, 0.3) is 0 Å². The van der Waals surface area contributed by atoms with E-state index in [0.717, 1.165) is 10.9 Å². The van der Waals surface area contributed by atoms with Crippen molar-refractivity contribution >= 4 is 22.7 Å². The molecular weight excluding hydrogens is 204 g/mol. The fraction of sp³-hybridized carbons (Fsp3) is 1.00. The maximum absolute atomic E-state index is 2.37. The Morgan fingerprint density at radius 1 is 1.25 bits per heavy atom. The predicted octanol–water partition coefficient (Wildman–Crippen LogP) is -2.01. The van der Waals surface area contributed by atoms with E-state index in [9.17, 15) is 0 Å². The summed E-state index contributed by atoms with van der Waals surface area (Å²) < 4.78 is 0. The summed E-state index contributed by atoms with van der Waals surface area (Å²) in [7, 11) is 0.789.